The second-order valence-electron chi connectivity index (χ2n) is 16.8. The van der Waals surface area contributed by atoms with Gasteiger partial charge in [0.1, 0.15) is 23.9 Å². The number of halogens is 7. The summed E-state index contributed by atoms with van der Waals surface area (Å²) in [7, 11) is -2.21. The van der Waals surface area contributed by atoms with E-state index in [2.05, 4.69) is 25.1 Å². The minimum atomic E-state index is -5.13. The van der Waals surface area contributed by atoms with Gasteiger partial charge in [0.2, 0.25) is 15.9 Å². The number of amides is 1. The highest BCUT2D eigenvalue weighted by atomic mass is 32.2. The fourth-order valence-corrected chi connectivity index (χ4v) is 9.15. The molecule has 5 heterocycles. The normalized spacial score (nSPS) is 16.0. The first-order valence-corrected chi connectivity index (χ1v) is 22.6. The molecule has 4 N–H and O–H groups in total. The molecule has 2 atom stereocenters. The molecule has 0 saturated carbocycles. The molecule has 4 aromatic heterocycles. The average molecular weight is 923 g/mol. The average Bonchev–Trinajstić information content (AvgIpc) is 3.88. The third-order valence-electron chi connectivity index (χ3n) is 11.3. The molecule has 0 bridgehead atoms. The van der Waals surface area contributed by atoms with Gasteiger partial charge in [0.25, 0.3) is 5.92 Å². The van der Waals surface area contributed by atoms with Crippen molar-refractivity contribution in [1.82, 2.24) is 34.8 Å². The summed E-state index contributed by atoms with van der Waals surface area (Å²) in [5.41, 5.74) is 4.80. The lowest BCUT2D eigenvalue weighted by atomic mass is 9.89. The van der Waals surface area contributed by atoms with Crippen molar-refractivity contribution in [3.05, 3.63) is 82.8 Å². The maximum atomic E-state index is 15.9. The highest BCUT2D eigenvalue weighted by Gasteiger charge is 2.46. The number of nitrogens with zero attached hydrogens (tertiary/aromatic N) is 7. The van der Waals surface area contributed by atoms with Gasteiger partial charge in [-0.1, -0.05) is 44.2 Å². The number of nitrogens with one attached hydrogen (secondary N) is 2. The number of thiazole rings is 1. The molecular weight excluding hydrogens is 878 g/mol. The number of aromatic nitrogens is 6. The Labute approximate surface area is 361 Å². The fourth-order valence-electron chi connectivity index (χ4n) is 7.65. The van der Waals surface area contributed by atoms with Crippen LogP contribution in [-0.4, -0.2) is 68.7 Å². The number of para-hydroxylation sites is 1. The number of alkyl halides is 5. The Hall–Kier alpha value is -5.35. The zero-order valence-electron chi connectivity index (χ0n) is 35.0. The number of hydrogen-bond donors (Lipinski definition) is 3. The molecule has 0 aliphatic carbocycles. The number of sulfonamides is 1. The number of hydrogen-bond acceptors (Lipinski definition) is 10. The van der Waals surface area contributed by atoms with E-state index >= 15 is 8.78 Å². The Morgan fingerprint density at radius 1 is 0.968 bits per heavy atom. The van der Waals surface area contributed by atoms with Crippen molar-refractivity contribution in [1.29, 1.82) is 0 Å². The van der Waals surface area contributed by atoms with E-state index in [9.17, 15) is 35.2 Å². The van der Waals surface area contributed by atoms with Gasteiger partial charge in [-0.3, -0.25) is 18.9 Å². The third kappa shape index (κ3) is 9.76. The third-order valence-corrected chi connectivity index (χ3v) is 12.9. The van der Waals surface area contributed by atoms with E-state index in [0.29, 0.717) is 68.5 Å². The van der Waals surface area contributed by atoms with Gasteiger partial charge in [-0.05, 0) is 68.0 Å². The second-order valence-corrected chi connectivity index (χ2v) is 19.5. The predicted octanol–water partition coefficient (Wildman–Crippen LogP) is 7.91. The topological polar surface area (TPSA) is 166 Å². The summed E-state index contributed by atoms with van der Waals surface area (Å²) in [5.74, 6) is -8.92. The highest BCUT2D eigenvalue weighted by Crippen LogP contribution is 2.43. The van der Waals surface area contributed by atoms with Crippen LogP contribution in [0.5, 0.6) is 0 Å². The van der Waals surface area contributed by atoms with Crippen molar-refractivity contribution in [3.63, 3.8) is 0 Å². The van der Waals surface area contributed by atoms with E-state index < -0.39 is 75.5 Å². The van der Waals surface area contributed by atoms with E-state index in [-0.39, 0.29) is 40.7 Å². The van der Waals surface area contributed by atoms with E-state index in [0.717, 1.165) is 18.4 Å². The molecule has 0 radical (unpaired) electrons. The van der Waals surface area contributed by atoms with Crippen molar-refractivity contribution in [2.24, 2.45) is 24.6 Å². The van der Waals surface area contributed by atoms with Crippen LogP contribution in [-0.2, 0) is 46.9 Å². The second kappa shape index (κ2) is 16.6. The maximum Gasteiger partial charge on any atom is 0.435 e. The Bertz CT molecular complexity index is 2790. The van der Waals surface area contributed by atoms with Crippen LogP contribution in [0.3, 0.4) is 0 Å². The molecule has 2 aromatic carbocycles. The van der Waals surface area contributed by atoms with E-state index in [1.807, 2.05) is 6.92 Å². The van der Waals surface area contributed by atoms with E-state index in [4.69, 9.17) is 15.7 Å². The standard InChI is InChI=1S/C41H45F7N10O3S2/c1-21(2)22(3)40(44,45)32-19-31(41(46,47)48)53-58(32)20-33(59)50-29(16-23-14-24(42)17-25(43)15-23)34-28(26-8-7-9-27-35(26)56(5)54-36(27)55-63(6,60)61)18-30-37(51-34)52-38(62-30)57-12-10-39(4,49)11-13-57/h7-9,14-15,17-19,21-22,29H,10-13,16,20,49H2,1-6H3,(H,50,59)(H,54,55)/t22-,29?/m1/s1. The Morgan fingerprint density at radius 2 is 1.63 bits per heavy atom. The van der Waals surface area contributed by atoms with Crippen molar-refractivity contribution < 1.29 is 43.9 Å². The number of carbonyl (C=O) groups is 1. The van der Waals surface area contributed by atoms with Gasteiger partial charge in [-0.15, -0.1) is 0 Å². The summed E-state index contributed by atoms with van der Waals surface area (Å²) >= 11 is 1.33. The number of nitrogens with two attached hydrogens (primary N) is 1. The van der Waals surface area contributed by atoms with E-state index in [1.165, 1.54) is 36.8 Å². The van der Waals surface area contributed by atoms with Crippen LogP contribution < -0.4 is 20.7 Å². The van der Waals surface area contributed by atoms with Crippen LogP contribution in [0.15, 0.2) is 48.5 Å². The zero-order valence-corrected chi connectivity index (χ0v) is 36.6. The molecule has 7 rings (SSSR count). The molecule has 338 valence electrons. The van der Waals surface area contributed by atoms with Crippen molar-refractivity contribution in [3.8, 4) is 11.1 Å². The van der Waals surface area contributed by atoms with Crippen molar-refractivity contribution in [2.45, 2.75) is 77.2 Å². The lowest BCUT2D eigenvalue weighted by Gasteiger charge is -2.36. The van der Waals surface area contributed by atoms with Gasteiger partial charge >= 0.3 is 6.18 Å². The van der Waals surface area contributed by atoms with Gasteiger partial charge in [0.15, 0.2) is 22.3 Å². The van der Waals surface area contributed by atoms with Crippen molar-refractivity contribution in [2.75, 3.05) is 29.0 Å². The summed E-state index contributed by atoms with van der Waals surface area (Å²) < 4.78 is 133. The first kappa shape index (κ1) is 45.7. The molecule has 63 heavy (non-hydrogen) atoms. The summed E-state index contributed by atoms with van der Waals surface area (Å²) in [6.45, 7) is 6.21. The van der Waals surface area contributed by atoms with Gasteiger partial charge in [0.05, 0.1) is 28.2 Å². The summed E-state index contributed by atoms with van der Waals surface area (Å²) in [6.07, 6.45) is -3.15. The number of carbonyl (C=O) groups excluding carboxylic acids is 1. The number of aryl methyl sites for hydroxylation is 1. The van der Waals surface area contributed by atoms with Gasteiger partial charge in [-0.2, -0.15) is 37.1 Å². The summed E-state index contributed by atoms with van der Waals surface area (Å²) in [5, 5.41) is 11.5. The molecule has 1 saturated heterocycles. The quantitative estimate of drug-likeness (QED) is 0.0977. The largest absolute Gasteiger partial charge is 0.435 e. The molecule has 1 aliphatic heterocycles. The molecule has 1 unspecified atom stereocenters. The Kier molecular flexibility index (Phi) is 12.1. The van der Waals surface area contributed by atoms with Crippen LogP contribution in [0.2, 0.25) is 0 Å². The number of rotatable bonds is 13. The first-order chi connectivity index (χ1) is 29.3. The Balaban J connectivity index is 1.40. The summed E-state index contributed by atoms with van der Waals surface area (Å²) in [4.78, 5) is 26.0. The van der Waals surface area contributed by atoms with Crippen molar-refractivity contribution >= 4 is 59.5 Å². The van der Waals surface area contributed by atoms with Crippen LogP contribution in [0.4, 0.5) is 41.7 Å². The molecule has 13 nitrogen and oxygen atoms in total. The number of benzene rings is 2. The number of piperidine rings is 1. The molecule has 1 fully saturated rings. The van der Waals surface area contributed by atoms with Crippen LogP contribution in [0.25, 0.3) is 32.4 Å². The predicted molar refractivity (Wildman–Crippen MR) is 226 cm³/mol. The summed E-state index contributed by atoms with van der Waals surface area (Å²) in [6, 6.07) is 8.32. The molecule has 22 heteroatoms. The smallest absolute Gasteiger partial charge is 0.348 e. The number of fused-ring (bicyclic) bond motifs is 2. The number of pyridine rings is 1. The van der Waals surface area contributed by atoms with Crippen LogP contribution >= 0.6 is 11.3 Å². The maximum absolute atomic E-state index is 15.9. The zero-order chi connectivity index (χ0) is 46.0. The molecule has 6 aromatic rings. The SMILES string of the molecule is CC(C)[C@@H](C)C(F)(F)c1cc(C(F)(F)F)nn1CC(=O)NC(Cc1cc(F)cc(F)c1)c1nc2nc(N3CCC(C)(N)CC3)sc2cc1-c1cccc2c(NS(C)(=O)=O)nn(C)c12. The monoisotopic (exact) mass is 922 g/mol. The minimum absolute atomic E-state index is 0.0152. The number of anilines is 2. The lowest BCUT2D eigenvalue weighted by molar-refractivity contribution is -0.141. The molecular formula is C41H45F7N10O3S2. The van der Waals surface area contributed by atoms with Gasteiger partial charge in [0, 0.05) is 54.2 Å². The minimum Gasteiger partial charge on any atom is -0.348 e. The van der Waals surface area contributed by atoms with E-state index in [1.54, 1.807) is 31.3 Å². The molecule has 1 amide bonds. The van der Waals surface area contributed by atoms with Crippen LogP contribution in [0.1, 0.15) is 69.2 Å². The van der Waals surface area contributed by atoms with Gasteiger partial charge < -0.3 is 16.0 Å². The van der Waals surface area contributed by atoms with Crippen LogP contribution in [0, 0.1) is 23.5 Å². The van der Waals surface area contributed by atoms with Gasteiger partial charge in [-0.25, -0.2) is 22.2 Å². The Morgan fingerprint density at radius 3 is 2.25 bits per heavy atom. The lowest BCUT2D eigenvalue weighted by Crippen LogP contribution is -2.48. The first-order valence-electron chi connectivity index (χ1n) is 19.9. The molecule has 1 aliphatic rings. The molecule has 0 spiro atoms. The fraction of sp³-hybridized carbons (Fsp3) is 0.439. The highest BCUT2D eigenvalue weighted by molar-refractivity contribution is 7.92.